The third-order valence-corrected chi connectivity index (χ3v) is 2.36. The predicted molar refractivity (Wildman–Crippen MR) is 63.0 cm³/mol. The molecule has 0 saturated heterocycles. The minimum atomic E-state index is -0.265. The zero-order valence-corrected chi connectivity index (χ0v) is 9.31. The maximum Gasteiger partial charge on any atom is 0.150 e. The quantitative estimate of drug-likeness (QED) is 0.751. The minimum absolute atomic E-state index is 0.265. The average Bonchev–Trinajstić information content (AvgIpc) is 2.34. The molecule has 2 nitrogen and oxygen atoms in total. The van der Waals surface area contributed by atoms with Crippen molar-refractivity contribution in [2.45, 2.75) is 6.92 Å². The maximum absolute atomic E-state index is 13.1. The number of hydrogen-bond acceptors (Lipinski definition) is 2. The van der Waals surface area contributed by atoms with Gasteiger partial charge in [0, 0.05) is 5.56 Å². The molecule has 0 fully saturated rings. The van der Waals surface area contributed by atoms with Crippen LogP contribution in [-0.2, 0) is 0 Å². The standard InChI is InChI=1S/C14H11FO2/c1-10-7-13(5-6-14(10)15)17-12-4-2-3-11(8-12)9-16/h2-9H,1H3. The number of rotatable bonds is 3. The highest BCUT2D eigenvalue weighted by Gasteiger charge is 2.02. The van der Waals surface area contributed by atoms with E-state index < -0.39 is 0 Å². The van der Waals surface area contributed by atoms with Gasteiger partial charge in [-0.25, -0.2) is 4.39 Å². The first-order chi connectivity index (χ1) is 8.19. The van der Waals surface area contributed by atoms with E-state index in [2.05, 4.69) is 0 Å². The number of aryl methyl sites for hydroxylation is 1. The first-order valence-electron chi connectivity index (χ1n) is 5.18. The molecule has 3 heteroatoms. The summed E-state index contributed by atoms with van der Waals surface area (Å²) >= 11 is 0. The molecule has 0 aliphatic carbocycles. The molecule has 0 aliphatic rings. The Labute approximate surface area is 98.7 Å². The fourth-order valence-electron chi connectivity index (χ4n) is 1.47. The van der Waals surface area contributed by atoms with Crippen LogP contribution in [0, 0.1) is 12.7 Å². The van der Waals surface area contributed by atoms with Crippen molar-refractivity contribution in [3.8, 4) is 11.5 Å². The number of aldehydes is 1. The highest BCUT2D eigenvalue weighted by molar-refractivity contribution is 5.75. The lowest BCUT2D eigenvalue weighted by atomic mass is 10.2. The van der Waals surface area contributed by atoms with E-state index >= 15 is 0 Å². The summed E-state index contributed by atoms with van der Waals surface area (Å²) in [5.41, 5.74) is 1.07. The van der Waals surface area contributed by atoms with Crippen LogP contribution in [-0.4, -0.2) is 6.29 Å². The molecule has 86 valence electrons. The Kier molecular flexibility index (Phi) is 3.19. The summed E-state index contributed by atoms with van der Waals surface area (Å²) in [6.45, 7) is 1.67. The van der Waals surface area contributed by atoms with Crippen molar-refractivity contribution in [3.63, 3.8) is 0 Å². The number of halogens is 1. The lowest BCUT2D eigenvalue weighted by Crippen LogP contribution is -1.88. The van der Waals surface area contributed by atoms with E-state index in [9.17, 15) is 9.18 Å². The lowest BCUT2D eigenvalue weighted by molar-refractivity contribution is 0.112. The van der Waals surface area contributed by atoms with Crippen molar-refractivity contribution in [2.75, 3.05) is 0 Å². The molecular formula is C14H11FO2. The number of hydrogen-bond donors (Lipinski definition) is 0. The Bertz CT molecular complexity index is 550. The molecule has 0 bridgehead atoms. The Hall–Kier alpha value is -2.16. The molecule has 2 aromatic rings. The number of ether oxygens (including phenoxy) is 1. The van der Waals surface area contributed by atoms with E-state index in [4.69, 9.17) is 4.74 Å². The summed E-state index contributed by atoms with van der Waals surface area (Å²) in [6.07, 6.45) is 0.753. The van der Waals surface area contributed by atoms with Gasteiger partial charge in [-0.3, -0.25) is 4.79 Å². The van der Waals surface area contributed by atoms with Crippen molar-refractivity contribution in [2.24, 2.45) is 0 Å². The zero-order chi connectivity index (χ0) is 12.3. The average molecular weight is 230 g/mol. The third-order valence-electron chi connectivity index (χ3n) is 2.36. The predicted octanol–water partition coefficient (Wildman–Crippen LogP) is 3.74. The Morgan fingerprint density at radius 3 is 2.59 bits per heavy atom. The zero-order valence-electron chi connectivity index (χ0n) is 9.31. The highest BCUT2D eigenvalue weighted by atomic mass is 19.1. The molecule has 0 atom stereocenters. The topological polar surface area (TPSA) is 26.3 Å². The monoisotopic (exact) mass is 230 g/mol. The van der Waals surface area contributed by atoms with Crippen LogP contribution in [0.25, 0.3) is 0 Å². The minimum Gasteiger partial charge on any atom is -0.457 e. The fraction of sp³-hybridized carbons (Fsp3) is 0.0714. The summed E-state index contributed by atoms with van der Waals surface area (Å²) < 4.78 is 18.6. The number of benzene rings is 2. The van der Waals surface area contributed by atoms with Crippen LogP contribution >= 0.6 is 0 Å². The second-order valence-electron chi connectivity index (χ2n) is 3.70. The fourth-order valence-corrected chi connectivity index (χ4v) is 1.47. The van der Waals surface area contributed by atoms with Crippen molar-refractivity contribution >= 4 is 6.29 Å². The van der Waals surface area contributed by atoms with Gasteiger partial charge in [0.1, 0.15) is 23.6 Å². The van der Waals surface area contributed by atoms with Crippen molar-refractivity contribution in [1.82, 2.24) is 0 Å². The largest absolute Gasteiger partial charge is 0.457 e. The van der Waals surface area contributed by atoms with Crippen molar-refractivity contribution in [1.29, 1.82) is 0 Å². The molecule has 0 aromatic heterocycles. The van der Waals surface area contributed by atoms with Crippen LogP contribution in [0.15, 0.2) is 42.5 Å². The van der Waals surface area contributed by atoms with Gasteiger partial charge in [-0.15, -0.1) is 0 Å². The molecule has 0 heterocycles. The van der Waals surface area contributed by atoms with Crippen molar-refractivity contribution in [3.05, 3.63) is 59.4 Å². The van der Waals surface area contributed by atoms with Gasteiger partial charge in [0.05, 0.1) is 0 Å². The van der Waals surface area contributed by atoms with Crippen molar-refractivity contribution < 1.29 is 13.9 Å². The molecule has 0 unspecified atom stereocenters. The van der Waals surface area contributed by atoms with E-state index in [1.807, 2.05) is 0 Å². The van der Waals surface area contributed by atoms with Gasteiger partial charge in [-0.1, -0.05) is 12.1 Å². The Balaban J connectivity index is 2.24. The smallest absolute Gasteiger partial charge is 0.150 e. The third kappa shape index (κ3) is 2.69. The maximum atomic E-state index is 13.1. The van der Waals surface area contributed by atoms with E-state index in [0.717, 1.165) is 6.29 Å². The van der Waals surface area contributed by atoms with Crippen LogP contribution in [0.3, 0.4) is 0 Å². The van der Waals surface area contributed by atoms with Gasteiger partial charge in [-0.2, -0.15) is 0 Å². The van der Waals surface area contributed by atoms with Gasteiger partial charge < -0.3 is 4.74 Å². The van der Waals surface area contributed by atoms with Gasteiger partial charge in [-0.05, 0) is 42.8 Å². The number of carbonyl (C=O) groups is 1. The summed E-state index contributed by atoms with van der Waals surface area (Å²) in [6, 6.07) is 11.3. The van der Waals surface area contributed by atoms with E-state index in [-0.39, 0.29) is 5.82 Å². The molecule has 0 aliphatic heterocycles. The normalized spacial score (nSPS) is 10.0. The van der Waals surface area contributed by atoms with Crippen LogP contribution in [0.1, 0.15) is 15.9 Å². The van der Waals surface area contributed by atoms with E-state index in [1.165, 1.54) is 6.07 Å². The summed E-state index contributed by atoms with van der Waals surface area (Å²) in [7, 11) is 0. The van der Waals surface area contributed by atoms with Crippen LogP contribution < -0.4 is 4.74 Å². The molecule has 0 radical (unpaired) electrons. The van der Waals surface area contributed by atoms with E-state index in [0.29, 0.717) is 22.6 Å². The molecule has 0 saturated carbocycles. The SMILES string of the molecule is Cc1cc(Oc2cccc(C=O)c2)ccc1F. The van der Waals surface area contributed by atoms with Gasteiger partial charge >= 0.3 is 0 Å². The van der Waals surface area contributed by atoms with Crippen LogP contribution in [0.4, 0.5) is 4.39 Å². The Morgan fingerprint density at radius 1 is 1.12 bits per heavy atom. The summed E-state index contributed by atoms with van der Waals surface area (Å²) in [5, 5.41) is 0. The van der Waals surface area contributed by atoms with Gasteiger partial charge in [0.25, 0.3) is 0 Å². The molecule has 0 amide bonds. The molecule has 0 N–H and O–H groups in total. The Morgan fingerprint density at radius 2 is 1.88 bits per heavy atom. The molecule has 2 rings (SSSR count). The molecule has 0 spiro atoms. The summed E-state index contributed by atoms with van der Waals surface area (Å²) in [5.74, 6) is 0.839. The molecule has 17 heavy (non-hydrogen) atoms. The molecular weight excluding hydrogens is 219 g/mol. The second kappa shape index (κ2) is 4.78. The van der Waals surface area contributed by atoms with Crippen LogP contribution in [0.5, 0.6) is 11.5 Å². The first-order valence-corrected chi connectivity index (χ1v) is 5.18. The number of carbonyl (C=O) groups excluding carboxylic acids is 1. The molecule has 2 aromatic carbocycles. The summed E-state index contributed by atoms with van der Waals surface area (Å²) in [4.78, 5) is 10.6. The van der Waals surface area contributed by atoms with E-state index in [1.54, 1.807) is 43.3 Å². The van der Waals surface area contributed by atoms with Gasteiger partial charge in [0.2, 0.25) is 0 Å². The highest BCUT2D eigenvalue weighted by Crippen LogP contribution is 2.23. The van der Waals surface area contributed by atoms with Crippen LogP contribution in [0.2, 0.25) is 0 Å². The lowest BCUT2D eigenvalue weighted by Gasteiger charge is -2.07. The van der Waals surface area contributed by atoms with Gasteiger partial charge in [0.15, 0.2) is 0 Å². The second-order valence-corrected chi connectivity index (χ2v) is 3.70. The first kappa shape index (κ1) is 11.3.